The van der Waals surface area contributed by atoms with Crippen LogP contribution in [-0.2, 0) is 0 Å². The number of aliphatic hydroxyl groups is 1. The summed E-state index contributed by atoms with van der Waals surface area (Å²) >= 11 is 0. The average molecular weight is 247 g/mol. The van der Waals surface area contributed by atoms with Crippen LogP contribution in [0.15, 0.2) is 18.2 Å². The molecule has 0 bridgehead atoms. The van der Waals surface area contributed by atoms with E-state index in [2.05, 4.69) is 6.07 Å². The molecule has 2 atom stereocenters. The number of aliphatic hydroxyl groups excluding tert-OH is 1. The number of para-hydroxylation sites is 1. The topological polar surface area (TPSA) is 62.5 Å². The number of hydrogen-bond donors (Lipinski definition) is 1. The summed E-state index contributed by atoms with van der Waals surface area (Å²) in [5.41, 5.74) is 0.467. The fraction of sp³-hybridized carbons (Fsp3) is 0.500. The van der Waals surface area contributed by atoms with Crippen LogP contribution in [0.4, 0.5) is 0 Å². The zero-order chi connectivity index (χ0) is 13.0. The van der Waals surface area contributed by atoms with Crippen molar-refractivity contribution in [3.05, 3.63) is 23.8 Å². The van der Waals surface area contributed by atoms with Crippen LogP contribution in [0.3, 0.4) is 0 Å². The van der Waals surface area contributed by atoms with Gasteiger partial charge in [-0.25, -0.2) is 0 Å². The molecule has 0 radical (unpaired) electrons. The van der Waals surface area contributed by atoms with Crippen LogP contribution in [0.1, 0.15) is 31.2 Å². The van der Waals surface area contributed by atoms with Crippen LogP contribution >= 0.6 is 0 Å². The molecule has 1 N–H and O–H groups in total. The van der Waals surface area contributed by atoms with Crippen LogP contribution < -0.4 is 9.47 Å². The van der Waals surface area contributed by atoms with Gasteiger partial charge in [0.05, 0.1) is 18.8 Å². The van der Waals surface area contributed by atoms with Gasteiger partial charge in [-0.05, 0) is 31.4 Å². The van der Waals surface area contributed by atoms with Crippen molar-refractivity contribution >= 4 is 0 Å². The molecule has 1 aliphatic carbocycles. The highest BCUT2D eigenvalue weighted by Gasteiger charge is 2.23. The molecule has 1 saturated carbocycles. The minimum atomic E-state index is -0.302. The Balaban J connectivity index is 2.19. The van der Waals surface area contributed by atoms with Gasteiger partial charge in [0.1, 0.15) is 12.2 Å². The molecular weight excluding hydrogens is 230 g/mol. The van der Waals surface area contributed by atoms with Gasteiger partial charge in [0, 0.05) is 6.42 Å². The molecule has 1 aromatic carbocycles. The van der Waals surface area contributed by atoms with Crippen molar-refractivity contribution in [2.45, 2.75) is 37.9 Å². The average Bonchev–Trinajstić information content (AvgIpc) is 2.39. The molecular formula is C14H17NO3. The Kier molecular flexibility index (Phi) is 4.06. The lowest BCUT2D eigenvalue weighted by atomic mass is 9.95. The SMILES string of the molecule is COc1cccc(C#N)c1OC1CCCC(O)C1. The van der Waals surface area contributed by atoms with Crippen LogP contribution in [0, 0.1) is 11.3 Å². The third-order valence-corrected chi connectivity index (χ3v) is 3.20. The fourth-order valence-electron chi connectivity index (χ4n) is 2.28. The van der Waals surface area contributed by atoms with Crippen molar-refractivity contribution in [1.82, 2.24) is 0 Å². The Labute approximate surface area is 107 Å². The maximum Gasteiger partial charge on any atom is 0.179 e. The maximum atomic E-state index is 9.63. The Morgan fingerprint density at radius 1 is 1.39 bits per heavy atom. The summed E-state index contributed by atoms with van der Waals surface area (Å²) in [5.74, 6) is 1.05. The van der Waals surface area contributed by atoms with Gasteiger partial charge in [-0.1, -0.05) is 6.07 Å². The van der Waals surface area contributed by atoms with Crippen molar-refractivity contribution in [1.29, 1.82) is 5.26 Å². The van der Waals surface area contributed by atoms with E-state index < -0.39 is 0 Å². The lowest BCUT2D eigenvalue weighted by Crippen LogP contribution is -2.28. The number of nitrogens with zero attached hydrogens (tertiary/aromatic N) is 1. The second-order valence-electron chi connectivity index (χ2n) is 4.51. The van der Waals surface area contributed by atoms with Gasteiger partial charge >= 0.3 is 0 Å². The molecule has 0 aromatic heterocycles. The molecule has 2 rings (SSSR count). The van der Waals surface area contributed by atoms with Gasteiger partial charge in [0.2, 0.25) is 0 Å². The Hall–Kier alpha value is -1.73. The van der Waals surface area contributed by atoms with Crippen molar-refractivity contribution < 1.29 is 14.6 Å². The van der Waals surface area contributed by atoms with E-state index in [1.807, 2.05) is 0 Å². The molecule has 4 heteroatoms. The Morgan fingerprint density at radius 3 is 2.89 bits per heavy atom. The first kappa shape index (κ1) is 12.7. The van der Waals surface area contributed by atoms with Gasteiger partial charge < -0.3 is 14.6 Å². The number of hydrogen-bond acceptors (Lipinski definition) is 4. The van der Waals surface area contributed by atoms with E-state index >= 15 is 0 Å². The molecule has 0 amide bonds. The molecule has 0 aliphatic heterocycles. The molecule has 96 valence electrons. The predicted octanol–water partition coefficient (Wildman–Crippen LogP) is 2.25. The minimum Gasteiger partial charge on any atom is -0.493 e. The van der Waals surface area contributed by atoms with E-state index in [1.165, 1.54) is 0 Å². The molecule has 0 saturated heterocycles. The molecule has 1 aromatic rings. The third kappa shape index (κ3) is 2.74. The highest BCUT2D eigenvalue weighted by Crippen LogP contribution is 2.33. The van der Waals surface area contributed by atoms with Crippen LogP contribution in [0.2, 0.25) is 0 Å². The summed E-state index contributed by atoms with van der Waals surface area (Å²) in [6.07, 6.45) is 2.95. The van der Waals surface area contributed by atoms with E-state index in [4.69, 9.17) is 14.7 Å². The summed E-state index contributed by atoms with van der Waals surface area (Å²) < 4.78 is 11.1. The minimum absolute atomic E-state index is 0.0443. The summed E-state index contributed by atoms with van der Waals surface area (Å²) in [6, 6.07) is 7.35. The van der Waals surface area contributed by atoms with E-state index in [0.717, 1.165) is 19.3 Å². The number of benzene rings is 1. The number of ether oxygens (including phenoxy) is 2. The fourth-order valence-corrected chi connectivity index (χ4v) is 2.28. The van der Waals surface area contributed by atoms with Crippen LogP contribution in [0.25, 0.3) is 0 Å². The Morgan fingerprint density at radius 2 is 2.22 bits per heavy atom. The maximum absolute atomic E-state index is 9.63. The van der Waals surface area contributed by atoms with Crippen molar-refractivity contribution in [3.8, 4) is 17.6 Å². The van der Waals surface area contributed by atoms with Gasteiger partial charge in [-0.15, -0.1) is 0 Å². The quantitative estimate of drug-likeness (QED) is 0.889. The summed E-state index contributed by atoms with van der Waals surface area (Å²) in [6.45, 7) is 0. The van der Waals surface area contributed by atoms with Gasteiger partial charge in [0.15, 0.2) is 11.5 Å². The molecule has 0 spiro atoms. The predicted molar refractivity (Wildman–Crippen MR) is 66.6 cm³/mol. The van der Waals surface area contributed by atoms with Crippen molar-refractivity contribution in [2.24, 2.45) is 0 Å². The standard InChI is InChI=1S/C14H17NO3/c1-17-13-7-2-4-10(9-15)14(13)18-12-6-3-5-11(16)8-12/h2,4,7,11-12,16H,3,5-6,8H2,1H3. The highest BCUT2D eigenvalue weighted by atomic mass is 16.5. The third-order valence-electron chi connectivity index (χ3n) is 3.20. The lowest BCUT2D eigenvalue weighted by Gasteiger charge is -2.27. The summed E-state index contributed by atoms with van der Waals surface area (Å²) in [5, 5.41) is 18.7. The first-order chi connectivity index (χ1) is 8.74. The highest BCUT2D eigenvalue weighted by molar-refractivity contribution is 5.52. The number of rotatable bonds is 3. The largest absolute Gasteiger partial charge is 0.493 e. The smallest absolute Gasteiger partial charge is 0.179 e. The number of nitriles is 1. The molecule has 0 heterocycles. The second-order valence-corrected chi connectivity index (χ2v) is 4.51. The molecule has 1 aliphatic rings. The first-order valence-electron chi connectivity index (χ1n) is 6.16. The van der Waals surface area contributed by atoms with Gasteiger partial charge in [-0.3, -0.25) is 0 Å². The summed E-state index contributed by atoms with van der Waals surface area (Å²) in [4.78, 5) is 0. The monoisotopic (exact) mass is 247 g/mol. The second kappa shape index (κ2) is 5.74. The summed E-state index contributed by atoms with van der Waals surface area (Å²) in [7, 11) is 1.55. The molecule has 1 fully saturated rings. The van der Waals surface area contributed by atoms with Gasteiger partial charge in [-0.2, -0.15) is 5.26 Å². The molecule has 18 heavy (non-hydrogen) atoms. The van der Waals surface area contributed by atoms with Gasteiger partial charge in [0.25, 0.3) is 0 Å². The van der Waals surface area contributed by atoms with Crippen molar-refractivity contribution in [3.63, 3.8) is 0 Å². The lowest BCUT2D eigenvalue weighted by molar-refractivity contribution is 0.0521. The normalized spacial score (nSPS) is 23.2. The Bertz CT molecular complexity index is 453. The van der Waals surface area contributed by atoms with E-state index in [9.17, 15) is 5.11 Å². The van der Waals surface area contributed by atoms with Crippen LogP contribution in [-0.4, -0.2) is 24.4 Å². The van der Waals surface area contributed by atoms with E-state index in [-0.39, 0.29) is 12.2 Å². The van der Waals surface area contributed by atoms with Crippen molar-refractivity contribution in [2.75, 3.05) is 7.11 Å². The molecule has 4 nitrogen and oxygen atoms in total. The van der Waals surface area contributed by atoms with E-state index in [1.54, 1.807) is 25.3 Å². The van der Waals surface area contributed by atoms with Crippen LogP contribution in [0.5, 0.6) is 11.5 Å². The number of methoxy groups -OCH3 is 1. The zero-order valence-corrected chi connectivity index (χ0v) is 10.4. The van der Waals surface area contributed by atoms with E-state index in [0.29, 0.717) is 23.5 Å². The zero-order valence-electron chi connectivity index (χ0n) is 10.4. The molecule has 2 unspecified atom stereocenters. The first-order valence-corrected chi connectivity index (χ1v) is 6.16.